The van der Waals surface area contributed by atoms with Gasteiger partial charge in [0.15, 0.2) is 0 Å². The van der Waals surface area contributed by atoms with Crippen molar-refractivity contribution in [3.05, 3.63) is 65.7 Å². The van der Waals surface area contributed by atoms with Crippen molar-refractivity contribution in [1.29, 1.82) is 0 Å². The summed E-state index contributed by atoms with van der Waals surface area (Å²) < 4.78 is 49.6. The Morgan fingerprint density at radius 2 is 1.79 bits per heavy atom. The standard InChI is InChI=1S/C30H35F3N4O6/c31-30(32,33)19-34-27(39)24-18-42-14-15-43-22-9-4-8-21(16-22)17-25(37-13-5-10-26(37)38)29(41)35-23(28(40)36-24)12-11-20-6-2-1-3-7-20/h1-4,6-9,16,23-25H,5,10-15,17-19H2,(H,34,39)(H,35,41)(H,36,40)/t23-,24-,25-/m0/s1. The van der Waals surface area contributed by atoms with Crippen molar-refractivity contribution in [2.24, 2.45) is 0 Å². The maximum Gasteiger partial charge on any atom is 0.405 e. The van der Waals surface area contributed by atoms with Gasteiger partial charge in [-0.05, 0) is 42.5 Å². The second kappa shape index (κ2) is 14.9. The van der Waals surface area contributed by atoms with Crippen molar-refractivity contribution >= 4 is 23.6 Å². The lowest BCUT2D eigenvalue weighted by Crippen LogP contribution is -2.58. The number of likely N-dealkylation sites (tertiary alicyclic amines) is 1. The number of carbonyl (C=O) groups excluding carboxylic acids is 4. The van der Waals surface area contributed by atoms with Crippen LogP contribution in [0.5, 0.6) is 5.75 Å². The Balaban J connectivity index is 1.62. The summed E-state index contributed by atoms with van der Waals surface area (Å²) >= 11 is 0. The van der Waals surface area contributed by atoms with E-state index in [0.29, 0.717) is 31.6 Å². The van der Waals surface area contributed by atoms with Gasteiger partial charge in [0.25, 0.3) is 0 Å². The fraction of sp³-hybridized carbons (Fsp3) is 0.467. The van der Waals surface area contributed by atoms with E-state index >= 15 is 0 Å². The van der Waals surface area contributed by atoms with Gasteiger partial charge < -0.3 is 30.3 Å². The first kappa shape index (κ1) is 31.8. The lowest BCUT2D eigenvalue weighted by atomic mass is 10.0. The van der Waals surface area contributed by atoms with Crippen LogP contribution < -0.4 is 20.7 Å². The zero-order valence-corrected chi connectivity index (χ0v) is 23.5. The van der Waals surface area contributed by atoms with Crippen molar-refractivity contribution in [2.45, 2.75) is 56.4 Å². The Bertz CT molecular complexity index is 1280. The molecule has 1 saturated heterocycles. The number of benzene rings is 2. The number of amides is 4. The first-order valence-corrected chi connectivity index (χ1v) is 14.2. The molecule has 3 atom stereocenters. The predicted molar refractivity (Wildman–Crippen MR) is 149 cm³/mol. The van der Waals surface area contributed by atoms with Crippen LogP contribution in [0.1, 0.15) is 30.4 Å². The Labute approximate surface area is 247 Å². The molecule has 0 aliphatic carbocycles. The van der Waals surface area contributed by atoms with E-state index < -0.39 is 55.2 Å². The molecule has 2 aromatic rings. The van der Waals surface area contributed by atoms with E-state index in [0.717, 1.165) is 11.1 Å². The van der Waals surface area contributed by atoms with E-state index in [1.54, 1.807) is 23.5 Å². The number of hydrogen-bond acceptors (Lipinski definition) is 6. The molecule has 2 aliphatic heterocycles. The second-order valence-electron chi connectivity index (χ2n) is 10.5. The molecule has 0 aromatic heterocycles. The highest BCUT2D eigenvalue weighted by Crippen LogP contribution is 2.21. The summed E-state index contributed by atoms with van der Waals surface area (Å²) in [7, 11) is 0. The van der Waals surface area contributed by atoms with Crippen molar-refractivity contribution in [1.82, 2.24) is 20.9 Å². The Hall–Kier alpha value is -4.13. The van der Waals surface area contributed by atoms with Gasteiger partial charge in [-0.15, -0.1) is 0 Å². The lowest BCUT2D eigenvalue weighted by molar-refractivity contribution is -0.142. The summed E-state index contributed by atoms with van der Waals surface area (Å²) in [4.78, 5) is 54.2. The summed E-state index contributed by atoms with van der Waals surface area (Å²) in [6.45, 7) is -1.59. The normalized spacial score (nSPS) is 22.3. The number of halogens is 3. The number of nitrogens with one attached hydrogen (secondary N) is 3. The second-order valence-corrected chi connectivity index (χ2v) is 10.5. The number of alkyl halides is 3. The van der Waals surface area contributed by atoms with Crippen molar-refractivity contribution in [3.63, 3.8) is 0 Å². The van der Waals surface area contributed by atoms with Gasteiger partial charge in [0.2, 0.25) is 23.6 Å². The largest absolute Gasteiger partial charge is 0.491 e. The molecule has 43 heavy (non-hydrogen) atoms. The molecule has 4 rings (SSSR count). The van der Waals surface area contributed by atoms with E-state index in [1.807, 2.05) is 36.4 Å². The molecule has 0 saturated carbocycles. The van der Waals surface area contributed by atoms with Crippen LogP contribution in [-0.2, 0) is 36.8 Å². The first-order chi connectivity index (χ1) is 20.6. The van der Waals surface area contributed by atoms with Crippen LogP contribution in [0.3, 0.4) is 0 Å². The number of rotatable bonds is 6. The monoisotopic (exact) mass is 604 g/mol. The minimum Gasteiger partial charge on any atom is -0.491 e. The molecule has 0 unspecified atom stereocenters. The summed E-state index contributed by atoms with van der Waals surface area (Å²) in [6, 6.07) is 12.7. The molecule has 13 heteroatoms. The maximum absolute atomic E-state index is 13.8. The summed E-state index contributed by atoms with van der Waals surface area (Å²) in [5.41, 5.74) is 1.64. The fourth-order valence-electron chi connectivity index (χ4n) is 5.01. The zero-order chi connectivity index (χ0) is 30.8. The molecule has 2 heterocycles. The molecule has 2 bridgehead atoms. The molecule has 4 amide bonds. The smallest absolute Gasteiger partial charge is 0.405 e. The number of carbonyl (C=O) groups is 4. The van der Waals surface area contributed by atoms with Gasteiger partial charge in [0.1, 0.15) is 37.0 Å². The average molecular weight is 605 g/mol. The molecule has 3 N–H and O–H groups in total. The van der Waals surface area contributed by atoms with Crippen molar-refractivity contribution in [2.75, 3.05) is 32.9 Å². The molecule has 0 spiro atoms. The highest BCUT2D eigenvalue weighted by atomic mass is 19.4. The molecule has 2 aromatic carbocycles. The van der Waals surface area contributed by atoms with Gasteiger partial charge in [0.05, 0.1) is 13.2 Å². The molecular formula is C30H35F3N4O6. The molecule has 10 nitrogen and oxygen atoms in total. The topological polar surface area (TPSA) is 126 Å². The zero-order valence-electron chi connectivity index (χ0n) is 23.5. The van der Waals surface area contributed by atoms with E-state index in [9.17, 15) is 32.3 Å². The van der Waals surface area contributed by atoms with Gasteiger partial charge in [0, 0.05) is 19.4 Å². The van der Waals surface area contributed by atoms with Gasteiger partial charge in [-0.1, -0.05) is 42.5 Å². The van der Waals surface area contributed by atoms with Gasteiger partial charge in [-0.3, -0.25) is 19.2 Å². The summed E-state index contributed by atoms with van der Waals surface area (Å²) in [5, 5.41) is 7.00. The van der Waals surface area contributed by atoms with Crippen LogP contribution >= 0.6 is 0 Å². The Kier molecular flexibility index (Phi) is 11.0. The van der Waals surface area contributed by atoms with Gasteiger partial charge in [-0.25, -0.2) is 0 Å². The van der Waals surface area contributed by atoms with Crippen LogP contribution in [0.15, 0.2) is 54.6 Å². The van der Waals surface area contributed by atoms with Gasteiger partial charge in [-0.2, -0.15) is 13.2 Å². The number of ether oxygens (including phenoxy) is 2. The molecule has 232 valence electrons. The lowest BCUT2D eigenvalue weighted by Gasteiger charge is -2.30. The quantitative estimate of drug-likeness (QED) is 0.463. The fourth-order valence-corrected chi connectivity index (χ4v) is 5.01. The van der Waals surface area contributed by atoms with E-state index in [2.05, 4.69) is 10.6 Å². The summed E-state index contributed by atoms with van der Waals surface area (Å²) in [5.74, 6) is -2.10. The third-order valence-corrected chi connectivity index (χ3v) is 7.19. The van der Waals surface area contributed by atoms with Crippen molar-refractivity contribution in [3.8, 4) is 5.75 Å². The number of hydrogen-bond donors (Lipinski definition) is 3. The number of fused-ring (bicyclic) bond motifs is 2. The summed E-state index contributed by atoms with van der Waals surface area (Å²) in [6.07, 6.45) is -3.08. The minimum atomic E-state index is -4.66. The van der Waals surface area contributed by atoms with E-state index in [-0.39, 0.29) is 32.0 Å². The van der Waals surface area contributed by atoms with Crippen LogP contribution in [0.25, 0.3) is 0 Å². The number of aryl methyl sites for hydroxylation is 1. The van der Waals surface area contributed by atoms with E-state index in [4.69, 9.17) is 9.47 Å². The third-order valence-electron chi connectivity index (χ3n) is 7.19. The molecule has 2 aliphatic rings. The third kappa shape index (κ3) is 9.70. The van der Waals surface area contributed by atoms with Crippen LogP contribution in [0.2, 0.25) is 0 Å². The highest BCUT2D eigenvalue weighted by Gasteiger charge is 2.36. The maximum atomic E-state index is 13.8. The van der Waals surface area contributed by atoms with E-state index in [1.165, 1.54) is 4.90 Å². The van der Waals surface area contributed by atoms with Crippen LogP contribution in [0.4, 0.5) is 13.2 Å². The first-order valence-electron chi connectivity index (χ1n) is 14.2. The van der Waals surface area contributed by atoms with Crippen LogP contribution in [0, 0.1) is 0 Å². The average Bonchev–Trinajstić information content (AvgIpc) is 3.40. The molecule has 0 radical (unpaired) electrons. The predicted octanol–water partition coefficient (Wildman–Crippen LogP) is 1.91. The van der Waals surface area contributed by atoms with Crippen LogP contribution in [-0.4, -0.2) is 85.7 Å². The number of nitrogens with zero attached hydrogens (tertiary/aromatic N) is 1. The molecule has 1 fully saturated rings. The Morgan fingerprint density at radius 3 is 2.51 bits per heavy atom. The highest BCUT2D eigenvalue weighted by molar-refractivity contribution is 5.94. The molecular weight excluding hydrogens is 569 g/mol. The SMILES string of the molecule is O=C(NCC(F)(F)F)[C@@H]1COCCOc2cccc(c2)C[C@H](N2CCCC2=O)C(=O)N[C@@H](CCc2ccccc2)C(=O)N1. The van der Waals surface area contributed by atoms with Crippen molar-refractivity contribution < 1.29 is 41.8 Å². The minimum absolute atomic E-state index is 0.0117. The Morgan fingerprint density at radius 1 is 1.00 bits per heavy atom. The van der Waals surface area contributed by atoms with Gasteiger partial charge >= 0.3 is 6.18 Å².